The first-order valence-corrected chi connectivity index (χ1v) is 10.9. The normalized spacial score (nSPS) is 16.6. The maximum Gasteiger partial charge on any atom is 0.0526 e. The Morgan fingerprint density at radius 2 is 0.897 bits per heavy atom. The minimum absolute atomic E-state index is 0.323. The lowest BCUT2D eigenvalue weighted by molar-refractivity contribution is 1.25. The summed E-state index contributed by atoms with van der Waals surface area (Å²) in [6.07, 6.45) is 0. The first-order chi connectivity index (χ1) is 14.4. The van der Waals surface area contributed by atoms with Crippen molar-refractivity contribution < 1.29 is 0 Å². The monoisotopic (exact) mass is 388 g/mol. The molecule has 1 heterocycles. The van der Waals surface area contributed by atoms with Crippen molar-refractivity contribution in [3.05, 3.63) is 144 Å². The van der Waals surface area contributed by atoms with E-state index in [1.807, 2.05) is 0 Å². The van der Waals surface area contributed by atoms with Crippen LogP contribution >= 0.6 is 8.20 Å². The van der Waals surface area contributed by atoms with Crippen LogP contribution in [-0.2, 0) is 0 Å². The fourth-order valence-corrected chi connectivity index (χ4v) is 5.69. The molecule has 1 aliphatic rings. The predicted octanol–water partition coefficient (Wildman–Crippen LogP) is 7.52. The lowest BCUT2D eigenvalue weighted by atomic mass is 9.87. The fraction of sp³-hybridized carbons (Fsp3) is 0.0357. The van der Waals surface area contributed by atoms with Crippen LogP contribution < -0.4 is 0 Å². The lowest BCUT2D eigenvalue weighted by Crippen LogP contribution is -2.02. The van der Waals surface area contributed by atoms with Gasteiger partial charge in [0.15, 0.2) is 0 Å². The lowest BCUT2D eigenvalue weighted by Gasteiger charge is -2.17. The highest BCUT2D eigenvalue weighted by Gasteiger charge is 2.30. The van der Waals surface area contributed by atoms with Crippen LogP contribution in [0.1, 0.15) is 27.9 Å². The van der Waals surface area contributed by atoms with Crippen LogP contribution in [0.4, 0.5) is 0 Å². The van der Waals surface area contributed by atoms with E-state index < -0.39 is 0 Å². The molecule has 0 amide bonds. The van der Waals surface area contributed by atoms with Gasteiger partial charge in [0.1, 0.15) is 0 Å². The number of benzene rings is 4. The second kappa shape index (κ2) is 8.03. The molecule has 4 aromatic rings. The van der Waals surface area contributed by atoms with Gasteiger partial charge in [-0.2, -0.15) is 0 Å². The first-order valence-electron chi connectivity index (χ1n) is 9.95. The Labute approximate surface area is 174 Å². The van der Waals surface area contributed by atoms with Gasteiger partial charge in [0.25, 0.3) is 0 Å². The van der Waals surface area contributed by atoms with Gasteiger partial charge < -0.3 is 0 Å². The minimum atomic E-state index is 0.323. The number of allylic oxidation sites excluding steroid dienone is 2. The molecule has 4 aromatic carbocycles. The van der Waals surface area contributed by atoms with E-state index in [1.165, 1.54) is 46.9 Å². The van der Waals surface area contributed by atoms with E-state index in [4.69, 9.17) is 0 Å². The zero-order valence-corrected chi connectivity index (χ0v) is 17.0. The van der Waals surface area contributed by atoms with Crippen molar-refractivity contribution in [1.29, 1.82) is 0 Å². The molecule has 1 atom stereocenters. The molecule has 1 unspecified atom stereocenters. The second-order valence-electron chi connectivity index (χ2n) is 7.18. The molecule has 0 nitrogen and oxygen atoms in total. The Bertz CT molecular complexity index is 1160. The maximum atomic E-state index is 2.26. The molecule has 0 fully saturated rings. The second-order valence-corrected chi connectivity index (χ2v) is 8.40. The van der Waals surface area contributed by atoms with Crippen LogP contribution in [0.3, 0.4) is 0 Å². The topological polar surface area (TPSA) is 0 Å². The van der Waals surface area contributed by atoms with Crippen LogP contribution in [-0.4, -0.2) is 5.29 Å². The molecule has 0 aliphatic carbocycles. The Morgan fingerprint density at radius 1 is 0.448 bits per heavy atom. The Morgan fingerprint density at radius 3 is 1.45 bits per heavy atom. The van der Waals surface area contributed by atoms with E-state index in [0.29, 0.717) is 5.66 Å². The molecule has 0 saturated heterocycles. The largest absolute Gasteiger partial charge is 0.0821 e. The van der Waals surface area contributed by atoms with Gasteiger partial charge in [0.2, 0.25) is 0 Å². The average Bonchev–Trinajstić information content (AvgIpc) is 3.22. The highest BCUT2D eigenvalue weighted by molar-refractivity contribution is 7.45. The molecule has 0 radical (unpaired) electrons. The van der Waals surface area contributed by atoms with E-state index in [-0.39, 0.29) is 0 Å². The summed E-state index contributed by atoms with van der Waals surface area (Å²) in [4.78, 5) is 0. The Kier molecular flexibility index (Phi) is 4.95. The highest BCUT2D eigenvalue weighted by Crippen LogP contribution is 2.53. The van der Waals surface area contributed by atoms with Gasteiger partial charge in [-0.1, -0.05) is 130 Å². The molecule has 0 saturated carbocycles. The highest BCUT2D eigenvalue weighted by atomic mass is 31.1. The van der Waals surface area contributed by atoms with Crippen molar-refractivity contribution in [2.75, 3.05) is 0 Å². The van der Waals surface area contributed by atoms with E-state index in [0.717, 1.165) is 0 Å². The van der Waals surface area contributed by atoms with Gasteiger partial charge in [-0.25, -0.2) is 0 Å². The molecule has 1 heteroatoms. The van der Waals surface area contributed by atoms with Crippen molar-refractivity contribution >= 4 is 24.6 Å². The van der Waals surface area contributed by atoms with Crippen LogP contribution in [0, 0.1) is 0 Å². The number of rotatable bonds is 4. The van der Waals surface area contributed by atoms with Crippen molar-refractivity contribution in [2.45, 2.75) is 5.66 Å². The van der Waals surface area contributed by atoms with Gasteiger partial charge in [-0.05, 0) is 33.4 Å². The van der Waals surface area contributed by atoms with Crippen LogP contribution in [0.15, 0.2) is 121 Å². The van der Waals surface area contributed by atoms with Gasteiger partial charge in [-0.3, -0.25) is 0 Å². The molecule has 0 bridgehead atoms. The predicted molar refractivity (Wildman–Crippen MR) is 126 cm³/mol. The van der Waals surface area contributed by atoms with E-state index in [2.05, 4.69) is 121 Å². The van der Waals surface area contributed by atoms with Gasteiger partial charge >= 0.3 is 0 Å². The molecule has 0 spiro atoms. The van der Waals surface area contributed by atoms with Gasteiger partial charge in [0.05, 0.1) is 5.66 Å². The zero-order chi connectivity index (χ0) is 19.5. The third kappa shape index (κ3) is 3.48. The third-order valence-corrected chi connectivity index (χ3v) is 6.90. The third-order valence-electron chi connectivity index (χ3n) is 5.35. The standard InChI is InChI=1S/C28H21P/c1-5-13-21(14-6-1)25-26(22-15-7-2-8-16-22)28(24-19-11-4-12-20-24)29-27(25)23-17-9-3-10-18-23/h1-20,27H. The summed E-state index contributed by atoms with van der Waals surface area (Å²) in [5.41, 5.74) is 8.38. The van der Waals surface area contributed by atoms with Gasteiger partial charge in [-0.15, -0.1) is 0 Å². The van der Waals surface area contributed by atoms with Crippen molar-refractivity contribution in [1.82, 2.24) is 0 Å². The minimum Gasteiger partial charge on any atom is -0.0821 e. The first kappa shape index (κ1) is 17.9. The number of hydrogen-bond donors (Lipinski definition) is 0. The molecule has 0 N–H and O–H groups in total. The van der Waals surface area contributed by atoms with E-state index >= 15 is 0 Å². The maximum absolute atomic E-state index is 2.26. The molecular formula is C28H21P. The van der Waals surface area contributed by atoms with Crippen LogP contribution in [0.5, 0.6) is 0 Å². The van der Waals surface area contributed by atoms with Crippen LogP contribution in [0.2, 0.25) is 0 Å². The molecule has 1 aliphatic heterocycles. The zero-order valence-electron chi connectivity index (χ0n) is 16.1. The van der Waals surface area contributed by atoms with Crippen molar-refractivity contribution in [3.63, 3.8) is 0 Å². The molecule has 29 heavy (non-hydrogen) atoms. The summed E-state index contributed by atoms with van der Waals surface area (Å²) in [7, 11) is 1.33. The molecular weight excluding hydrogens is 367 g/mol. The Hall–Kier alpha value is -3.21. The summed E-state index contributed by atoms with van der Waals surface area (Å²) < 4.78 is 0. The average molecular weight is 388 g/mol. The quantitative estimate of drug-likeness (QED) is 0.317. The SMILES string of the molecule is c1ccc(C2=PC(c3ccccc3)C(c3ccccc3)=C2c2ccccc2)cc1. The molecule has 138 valence electrons. The summed E-state index contributed by atoms with van der Waals surface area (Å²) >= 11 is 0. The van der Waals surface area contributed by atoms with E-state index in [1.54, 1.807) is 0 Å². The Balaban J connectivity index is 1.81. The molecule has 0 aromatic heterocycles. The van der Waals surface area contributed by atoms with Crippen molar-refractivity contribution in [2.24, 2.45) is 0 Å². The fourth-order valence-electron chi connectivity index (χ4n) is 4.03. The van der Waals surface area contributed by atoms with E-state index in [9.17, 15) is 0 Å². The number of hydrogen-bond acceptors (Lipinski definition) is 0. The summed E-state index contributed by atoms with van der Waals surface area (Å²) in [6, 6.07) is 43.5. The smallest absolute Gasteiger partial charge is 0.0526 e. The summed E-state index contributed by atoms with van der Waals surface area (Å²) in [6.45, 7) is 0. The van der Waals surface area contributed by atoms with Gasteiger partial charge in [0, 0.05) is 5.29 Å². The van der Waals surface area contributed by atoms with Crippen molar-refractivity contribution in [3.8, 4) is 0 Å². The molecule has 5 rings (SSSR count). The summed E-state index contributed by atoms with van der Waals surface area (Å²) in [5, 5.41) is 1.41. The van der Waals surface area contributed by atoms with Crippen LogP contribution in [0.25, 0.3) is 11.1 Å². The summed E-state index contributed by atoms with van der Waals surface area (Å²) in [5.74, 6) is 0.